The second kappa shape index (κ2) is 9.31. The predicted octanol–water partition coefficient (Wildman–Crippen LogP) is 2.49. The lowest BCUT2D eigenvalue weighted by Gasteiger charge is -2.11. The summed E-state index contributed by atoms with van der Waals surface area (Å²) in [6.07, 6.45) is 1.06. The fourth-order valence-electron chi connectivity index (χ4n) is 1.47. The molecule has 1 aromatic rings. The van der Waals surface area contributed by atoms with Gasteiger partial charge in [-0.05, 0) is 36.7 Å². The van der Waals surface area contributed by atoms with E-state index in [2.05, 4.69) is 24.5 Å². The Morgan fingerprint density at radius 1 is 1.30 bits per heavy atom. The Bertz CT molecular complexity index is 421. The van der Waals surface area contributed by atoms with Crippen molar-refractivity contribution in [3.05, 3.63) is 30.3 Å². The molecule has 0 aliphatic heterocycles. The van der Waals surface area contributed by atoms with Crippen molar-refractivity contribution in [3.63, 3.8) is 0 Å². The minimum atomic E-state index is -0.0806. The van der Waals surface area contributed by atoms with Gasteiger partial charge in [-0.2, -0.15) is 0 Å². The van der Waals surface area contributed by atoms with Crippen molar-refractivity contribution >= 4 is 23.2 Å². The van der Waals surface area contributed by atoms with Gasteiger partial charge in [0, 0.05) is 13.0 Å². The molecule has 0 unspecified atom stereocenters. The standard InChI is InChI=1S/C15H22N2O2S/c1-12(2)11-16-15(20)17-14(18)9-6-10-19-13-7-4-3-5-8-13/h3-5,7-8,12H,6,9-11H2,1-2H3,(H2,16,17,18,20). The highest BCUT2D eigenvalue weighted by Gasteiger charge is 2.04. The van der Waals surface area contributed by atoms with Gasteiger partial charge in [-0.25, -0.2) is 0 Å². The Labute approximate surface area is 125 Å². The van der Waals surface area contributed by atoms with Gasteiger partial charge < -0.3 is 15.4 Å². The van der Waals surface area contributed by atoms with E-state index in [-0.39, 0.29) is 5.91 Å². The van der Waals surface area contributed by atoms with Crippen molar-refractivity contribution in [2.75, 3.05) is 13.2 Å². The fourth-order valence-corrected chi connectivity index (χ4v) is 1.67. The number of benzene rings is 1. The van der Waals surface area contributed by atoms with Crippen LogP contribution in [0.2, 0.25) is 0 Å². The van der Waals surface area contributed by atoms with Gasteiger partial charge in [0.15, 0.2) is 5.11 Å². The molecule has 0 radical (unpaired) electrons. The zero-order valence-corrected chi connectivity index (χ0v) is 12.8. The van der Waals surface area contributed by atoms with Crippen LogP contribution in [0.4, 0.5) is 0 Å². The molecule has 110 valence electrons. The van der Waals surface area contributed by atoms with Gasteiger partial charge in [0.25, 0.3) is 0 Å². The van der Waals surface area contributed by atoms with Gasteiger partial charge >= 0.3 is 0 Å². The van der Waals surface area contributed by atoms with Crippen molar-refractivity contribution in [1.29, 1.82) is 0 Å². The molecule has 20 heavy (non-hydrogen) atoms. The van der Waals surface area contributed by atoms with E-state index >= 15 is 0 Å². The predicted molar refractivity (Wildman–Crippen MR) is 84.8 cm³/mol. The highest BCUT2D eigenvalue weighted by molar-refractivity contribution is 7.80. The summed E-state index contributed by atoms with van der Waals surface area (Å²) in [5.74, 6) is 1.23. The normalized spacial score (nSPS) is 10.2. The average molecular weight is 294 g/mol. The molecule has 0 saturated heterocycles. The third kappa shape index (κ3) is 7.74. The lowest BCUT2D eigenvalue weighted by Crippen LogP contribution is -2.40. The van der Waals surface area contributed by atoms with Crippen LogP contribution in [0.1, 0.15) is 26.7 Å². The molecule has 0 atom stereocenters. The van der Waals surface area contributed by atoms with Crippen LogP contribution in [-0.2, 0) is 4.79 Å². The Balaban J connectivity index is 2.09. The maximum atomic E-state index is 11.6. The molecule has 0 fully saturated rings. The van der Waals surface area contributed by atoms with Crippen LogP contribution in [-0.4, -0.2) is 24.2 Å². The molecule has 0 spiro atoms. The van der Waals surface area contributed by atoms with Gasteiger partial charge in [-0.3, -0.25) is 4.79 Å². The van der Waals surface area contributed by atoms with E-state index in [1.54, 1.807) is 0 Å². The highest BCUT2D eigenvalue weighted by atomic mass is 32.1. The molecular weight excluding hydrogens is 272 g/mol. The van der Waals surface area contributed by atoms with Crippen molar-refractivity contribution in [2.24, 2.45) is 5.92 Å². The van der Waals surface area contributed by atoms with Crippen molar-refractivity contribution < 1.29 is 9.53 Å². The second-order valence-electron chi connectivity index (χ2n) is 4.92. The first kappa shape index (κ1) is 16.4. The number of nitrogens with one attached hydrogen (secondary N) is 2. The molecule has 1 aromatic carbocycles. The van der Waals surface area contributed by atoms with Crippen LogP contribution in [0.5, 0.6) is 5.75 Å². The summed E-state index contributed by atoms with van der Waals surface area (Å²) in [6, 6.07) is 9.56. The fraction of sp³-hybridized carbons (Fsp3) is 0.467. The molecular formula is C15H22N2O2S. The molecule has 0 aromatic heterocycles. The molecule has 0 heterocycles. The number of ether oxygens (including phenoxy) is 1. The molecule has 0 aliphatic carbocycles. The van der Waals surface area contributed by atoms with Gasteiger partial charge in [0.1, 0.15) is 5.75 Å². The van der Waals surface area contributed by atoms with Crippen molar-refractivity contribution in [2.45, 2.75) is 26.7 Å². The number of carbonyl (C=O) groups is 1. The topological polar surface area (TPSA) is 50.4 Å². The molecule has 0 aliphatic rings. The first-order valence-corrected chi connectivity index (χ1v) is 7.24. The van der Waals surface area contributed by atoms with Crippen LogP contribution < -0.4 is 15.4 Å². The van der Waals surface area contributed by atoms with Crippen LogP contribution >= 0.6 is 12.2 Å². The van der Waals surface area contributed by atoms with Crippen LogP contribution in [0.15, 0.2) is 30.3 Å². The number of thiocarbonyl (C=S) groups is 1. The largest absolute Gasteiger partial charge is 0.494 e. The Morgan fingerprint density at radius 2 is 2.00 bits per heavy atom. The summed E-state index contributed by atoms with van der Waals surface area (Å²) in [4.78, 5) is 11.6. The summed E-state index contributed by atoms with van der Waals surface area (Å²) >= 11 is 5.03. The molecule has 1 amide bonds. The van der Waals surface area contributed by atoms with E-state index in [4.69, 9.17) is 17.0 Å². The SMILES string of the molecule is CC(C)CNC(=S)NC(=O)CCCOc1ccccc1. The lowest BCUT2D eigenvalue weighted by molar-refractivity contribution is -0.119. The van der Waals surface area contributed by atoms with Gasteiger partial charge in [0.05, 0.1) is 6.61 Å². The minimum Gasteiger partial charge on any atom is -0.494 e. The number of hydrogen-bond donors (Lipinski definition) is 2. The third-order valence-corrected chi connectivity index (χ3v) is 2.73. The van der Waals surface area contributed by atoms with Crippen molar-refractivity contribution in [1.82, 2.24) is 10.6 Å². The third-order valence-electron chi connectivity index (χ3n) is 2.48. The summed E-state index contributed by atoms with van der Waals surface area (Å²) in [5.41, 5.74) is 0. The Kier molecular flexibility index (Phi) is 7.65. The Morgan fingerprint density at radius 3 is 2.65 bits per heavy atom. The molecule has 4 nitrogen and oxygen atoms in total. The van der Waals surface area contributed by atoms with Crippen molar-refractivity contribution in [3.8, 4) is 5.75 Å². The zero-order valence-electron chi connectivity index (χ0n) is 12.0. The minimum absolute atomic E-state index is 0.0806. The average Bonchev–Trinajstić information content (AvgIpc) is 2.42. The molecule has 5 heteroatoms. The van der Waals surface area contributed by atoms with E-state index in [1.165, 1.54) is 0 Å². The lowest BCUT2D eigenvalue weighted by atomic mass is 10.2. The number of hydrogen-bond acceptors (Lipinski definition) is 3. The van der Waals surface area contributed by atoms with Crippen LogP contribution in [0.3, 0.4) is 0 Å². The van der Waals surface area contributed by atoms with Crippen LogP contribution in [0.25, 0.3) is 0 Å². The quantitative estimate of drug-likeness (QED) is 0.599. The molecule has 1 rings (SSSR count). The number of carbonyl (C=O) groups excluding carboxylic acids is 1. The van der Waals surface area contributed by atoms with Gasteiger partial charge in [-0.15, -0.1) is 0 Å². The highest BCUT2D eigenvalue weighted by Crippen LogP contribution is 2.08. The van der Waals surface area contributed by atoms with E-state index < -0.39 is 0 Å². The van der Waals surface area contributed by atoms with Crippen LogP contribution in [0, 0.1) is 5.92 Å². The Hall–Kier alpha value is -1.62. The van der Waals surface area contributed by atoms with E-state index in [9.17, 15) is 4.79 Å². The molecule has 0 saturated carbocycles. The molecule has 2 N–H and O–H groups in total. The van der Waals surface area contributed by atoms with E-state index in [0.717, 1.165) is 12.3 Å². The number of amides is 1. The van der Waals surface area contributed by atoms with Gasteiger partial charge in [0.2, 0.25) is 5.91 Å². The summed E-state index contributed by atoms with van der Waals surface area (Å²) < 4.78 is 5.51. The first-order chi connectivity index (χ1) is 9.58. The number of para-hydroxylation sites is 1. The van der Waals surface area contributed by atoms with E-state index in [1.807, 2.05) is 30.3 Å². The summed E-state index contributed by atoms with van der Waals surface area (Å²) in [5, 5.41) is 6.05. The summed E-state index contributed by atoms with van der Waals surface area (Å²) in [7, 11) is 0. The first-order valence-electron chi connectivity index (χ1n) is 6.83. The zero-order chi connectivity index (χ0) is 14.8. The summed E-state index contributed by atoms with van der Waals surface area (Å²) in [6.45, 7) is 5.44. The number of rotatable bonds is 7. The van der Waals surface area contributed by atoms with E-state index in [0.29, 0.717) is 30.5 Å². The maximum absolute atomic E-state index is 11.6. The van der Waals surface area contributed by atoms with Gasteiger partial charge in [-0.1, -0.05) is 32.0 Å². The monoisotopic (exact) mass is 294 g/mol. The molecule has 0 bridgehead atoms. The smallest absolute Gasteiger partial charge is 0.226 e. The maximum Gasteiger partial charge on any atom is 0.226 e. The second-order valence-corrected chi connectivity index (χ2v) is 5.33.